The van der Waals surface area contributed by atoms with Gasteiger partial charge >= 0.3 is 0 Å². The van der Waals surface area contributed by atoms with Crippen LogP contribution in [0.1, 0.15) is 40.2 Å². The molecule has 3 aromatic carbocycles. The molecule has 0 saturated heterocycles. The molecule has 8 heteroatoms. The number of carbonyl (C=O) groups is 1. The average Bonchev–Trinajstić information content (AvgIpc) is 3.19. The minimum atomic E-state index is -0.636. The Morgan fingerprint density at radius 1 is 0.973 bits per heavy atom. The fraction of sp³-hybridized carbons (Fsp3) is 0.241. The minimum absolute atomic E-state index is 0.0546. The van der Waals surface area contributed by atoms with Crippen LogP contribution in [0.4, 0.5) is 0 Å². The highest BCUT2D eigenvalue weighted by atomic mass is 35.5. The van der Waals surface area contributed by atoms with Crippen LogP contribution in [0.25, 0.3) is 11.0 Å². The monoisotopic (exact) mass is 519 g/mol. The first-order valence-electron chi connectivity index (χ1n) is 12.0. The SMILES string of the molecule is CCOc1cccc(C2c3c(oc4ccc(Cl)cc4c3=O)C(=O)N2CCc2ccc(OC)c(OC)c2)c1. The summed E-state index contributed by atoms with van der Waals surface area (Å²) in [5.74, 6) is 1.61. The zero-order valence-corrected chi connectivity index (χ0v) is 21.5. The standard InChI is InChI=1S/C29H26ClNO6/c1-4-36-20-7-5-6-18(15-20)26-25-27(32)21-16-19(30)9-11-22(21)37-28(25)29(33)31(26)13-12-17-8-10-23(34-2)24(14-17)35-3/h5-11,14-16,26H,4,12-13H2,1-3H3. The maximum Gasteiger partial charge on any atom is 0.290 e. The van der Waals surface area contributed by atoms with Gasteiger partial charge in [0.2, 0.25) is 5.76 Å². The number of amides is 1. The number of rotatable bonds is 8. The third-order valence-electron chi connectivity index (χ3n) is 6.50. The average molecular weight is 520 g/mol. The molecule has 5 rings (SSSR count). The highest BCUT2D eigenvalue weighted by Crippen LogP contribution is 2.39. The van der Waals surface area contributed by atoms with E-state index in [1.807, 2.05) is 49.4 Å². The van der Waals surface area contributed by atoms with Gasteiger partial charge in [0.25, 0.3) is 5.91 Å². The number of carbonyl (C=O) groups excluding carboxylic acids is 1. The molecule has 37 heavy (non-hydrogen) atoms. The summed E-state index contributed by atoms with van der Waals surface area (Å²) in [6, 6.07) is 17.3. The molecule has 1 aliphatic rings. The summed E-state index contributed by atoms with van der Waals surface area (Å²) in [7, 11) is 3.16. The minimum Gasteiger partial charge on any atom is -0.494 e. The zero-order chi connectivity index (χ0) is 26.1. The first-order valence-corrected chi connectivity index (χ1v) is 12.3. The van der Waals surface area contributed by atoms with Crippen molar-refractivity contribution in [3.05, 3.63) is 98.4 Å². The van der Waals surface area contributed by atoms with Crippen molar-refractivity contribution in [3.63, 3.8) is 0 Å². The lowest BCUT2D eigenvalue weighted by atomic mass is 9.98. The Labute approximate surface area is 219 Å². The number of hydrogen-bond acceptors (Lipinski definition) is 6. The molecular weight excluding hydrogens is 494 g/mol. The van der Waals surface area contributed by atoms with Crippen molar-refractivity contribution in [2.75, 3.05) is 27.4 Å². The van der Waals surface area contributed by atoms with Gasteiger partial charge < -0.3 is 23.5 Å². The molecule has 1 aliphatic heterocycles. The Morgan fingerprint density at radius 2 is 1.78 bits per heavy atom. The summed E-state index contributed by atoms with van der Waals surface area (Å²) >= 11 is 6.18. The zero-order valence-electron chi connectivity index (χ0n) is 20.7. The maximum atomic E-state index is 13.7. The lowest BCUT2D eigenvalue weighted by Crippen LogP contribution is -2.31. The second-order valence-electron chi connectivity index (χ2n) is 8.66. The summed E-state index contributed by atoms with van der Waals surface area (Å²) in [6.07, 6.45) is 0.529. The third-order valence-corrected chi connectivity index (χ3v) is 6.74. The van der Waals surface area contributed by atoms with Gasteiger partial charge in [-0.1, -0.05) is 29.8 Å². The molecule has 1 unspecified atom stereocenters. The van der Waals surface area contributed by atoms with E-state index in [0.29, 0.717) is 58.4 Å². The highest BCUT2D eigenvalue weighted by molar-refractivity contribution is 6.31. The van der Waals surface area contributed by atoms with E-state index < -0.39 is 6.04 Å². The first kappa shape index (κ1) is 24.7. The van der Waals surface area contributed by atoms with E-state index in [4.69, 9.17) is 30.2 Å². The van der Waals surface area contributed by atoms with Crippen LogP contribution in [0.2, 0.25) is 5.02 Å². The Bertz CT molecular complexity index is 1550. The van der Waals surface area contributed by atoms with Crippen LogP contribution in [0.3, 0.4) is 0 Å². The second kappa shape index (κ2) is 10.2. The van der Waals surface area contributed by atoms with Gasteiger partial charge in [-0.05, 0) is 66.9 Å². The Hall–Kier alpha value is -3.97. The second-order valence-corrected chi connectivity index (χ2v) is 9.10. The van der Waals surface area contributed by atoms with Crippen LogP contribution in [-0.2, 0) is 6.42 Å². The smallest absolute Gasteiger partial charge is 0.290 e. The van der Waals surface area contributed by atoms with Gasteiger partial charge in [0, 0.05) is 11.6 Å². The normalized spacial score (nSPS) is 14.6. The summed E-state index contributed by atoms with van der Waals surface area (Å²) in [5, 5.41) is 0.760. The molecule has 190 valence electrons. The summed E-state index contributed by atoms with van der Waals surface area (Å²) in [4.78, 5) is 29.1. The number of hydrogen-bond donors (Lipinski definition) is 0. The predicted molar refractivity (Wildman–Crippen MR) is 141 cm³/mol. The van der Waals surface area contributed by atoms with Gasteiger partial charge in [-0.3, -0.25) is 9.59 Å². The summed E-state index contributed by atoms with van der Waals surface area (Å²) in [5.41, 5.74) is 2.08. The van der Waals surface area contributed by atoms with Crippen LogP contribution in [0.5, 0.6) is 17.2 Å². The molecular formula is C29H26ClNO6. The molecule has 0 spiro atoms. The lowest BCUT2D eigenvalue weighted by Gasteiger charge is -2.25. The van der Waals surface area contributed by atoms with Crippen LogP contribution >= 0.6 is 11.6 Å². The van der Waals surface area contributed by atoms with Crippen LogP contribution in [0, 0.1) is 0 Å². The van der Waals surface area contributed by atoms with E-state index >= 15 is 0 Å². The van der Waals surface area contributed by atoms with E-state index in [2.05, 4.69) is 0 Å². The van der Waals surface area contributed by atoms with E-state index in [1.54, 1.807) is 37.3 Å². The molecule has 0 aliphatic carbocycles. The van der Waals surface area contributed by atoms with Crippen molar-refractivity contribution < 1.29 is 23.4 Å². The molecule has 2 heterocycles. The maximum absolute atomic E-state index is 13.7. The van der Waals surface area contributed by atoms with Gasteiger partial charge in [-0.2, -0.15) is 0 Å². The largest absolute Gasteiger partial charge is 0.494 e. The van der Waals surface area contributed by atoms with Crippen LogP contribution in [-0.4, -0.2) is 38.2 Å². The fourth-order valence-electron chi connectivity index (χ4n) is 4.80. The van der Waals surface area contributed by atoms with Gasteiger partial charge in [0.1, 0.15) is 11.3 Å². The number of fused-ring (bicyclic) bond motifs is 2. The molecule has 0 radical (unpaired) electrons. The fourth-order valence-corrected chi connectivity index (χ4v) is 4.97. The first-order chi connectivity index (χ1) is 17.9. The number of ether oxygens (including phenoxy) is 3. The molecule has 7 nitrogen and oxygen atoms in total. The van der Waals surface area contributed by atoms with Gasteiger partial charge in [-0.25, -0.2) is 0 Å². The van der Waals surface area contributed by atoms with E-state index in [0.717, 1.165) is 11.1 Å². The molecule has 1 amide bonds. The Balaban J connectivity index is 1.60. The van der Waals surface area contributed by atoms with Crippen molar-refractivity contribution in [1.82, 2.24) is 4.90 Å². The van der Waals surface area contributed by atoms with Crippen molar-refractivity contribution in [2.24, 2.45) is 0 Å². The van der Waals surface area contributed by atoms with Crippen molar-refractivity contribution in [3.8, 4) is 17.2 Å². The molecule has 0 saturated carbocycles. The molecule has 1 atom stereocenters. The Kier molecular flexibility index (Phi) is 6.80. The van der Waals surface area contributed by atoms with Crippen LogP contribution < -0.4 is 19.6 Å². The van der Waals surface area contributed by atoms with Gasteiger partial charge in [-0.15, -0.1) is 0 Å². The number of halogens is 1. The van der Waals surface area contributed by atoms with E-state index in [-0.39, 0.29) is 17.1 Å². The third kappa shape index (κ3) is 4.51. The van der Waals surface area contributed by atoms with Crippen molar-refractivity contribution in [2.45, 2.75) is 19.4 Å². The summed E-state index contributed by atoms with van der Waals surface area (Å²) < 4.78 is 22.5. The molecule has 1 aromatic heterocycles. The number of nitrogens with zero attached hydrogens (tertiary/aromatic N) is 1. The Morgan fingerprint density at radius 3 is 2.54 bits per heavy atom. The van der Waals surface area contributed by atoms with Crippen molar-refractivity contribution >= 4 is 28.5 Å². The molecule has 0 fully saturated rings. The van der Waals surface area contributed by atoms with Crippen molar-refractivity contribution in [1.29, 1.82) is 0 Å². The lowest BCUT2D eigenvalue weighted by molar-refractivity contribution is 0.0729. The quantitative estimate of drug-likeness (QED) is 0.299. The van der Waals surface area contributed by atoms with E-state index in [9.17, 15) is 9.59 Å². The van der Waals surface area contributed by atoms with E-state index in [1.165, 1.54) is 0 Å². The molecule has 0 N–H and O–H groups in total. The summed E-state index contributed by atoms with van der Waals surface area (Å²) in [6.45, 7) is 2.75. The molecule has 4 aromatic rings. The highest BCUT2D eigenvalue weighted by Gasteiger charge is 2.42. The predicted octanol–water partition coefficient (Wildman–Crippen LogP) is 5.65. The number of benzene rings is 3. The van der Waals surface area contributed by atoms with Crippen LogP contribution in [0.15, 0.2) is 69.9 Å². The molecule has 0 bridgehead atoms. The number of methoxy groups -OCH3 is 2. The van der Waals surface area contributed by atoms with Gasteiger partial charge in [0.15, 0.2) is 16.9 Å². The topological polar surface area (TPSA) is 78.2 Å². The van der Waals surface area contributed by atoms with Gasteiger partial charge in [0.05, 0.1) is 37.8 Å².